The molecule has 1 aliphatic heterocycles. The predicted octanol–water partition coefficient (Wildman–Crippen LogP) is 1.30. The van der Waals surface area contributed by atoms with Crippen molar-refractivity contribution in [2.24, 2.45) is 0 Å². The highest BCUT2D eigenvalue weighted by atomic mass is 32.2. The van der Waals surface area contributed by atoms with Crippen LogP contribution in [-0.2, 0) is 14.8 Å². The van der Waals surface area contributed by atoms with Gasteiger partial charge in [0, 0.05) is 18.2 Å². The fourth-order valence-corrected chi connectivity index (χ4v) is 3.67. The molecule has 0 aliphatic carbocycles. The fraction of sp³-hybridized carbons (Fsp3) is 0.462. The van der Waals surface area contributed by atoms with Gasteiger partial charge in [0.05, 0.1) is 18.1 Å². The predicted molar refractivity (Wildman–Crippen MR) is 70.6 cm³/mol. The second kappa shape index (κ2) is 5.40. The molecule has 0 spiro atoms. The molecule has 1 saturated heterocycles. The van der Waals surface area contributed by atoms with Crippen LogP contribution in [0.5, 0.6) is 0 Å². The molecule has 2 rings (SSSR count). The van der Waals surface area contributed by atoms with Gasteiger partial charge in [-0.15, -0.1) is 0 Å². The lowest BCUT2D eigenvalue weighted by Gasteiger charge is -2.32. The van der Waals surface area contributed by atoms with E-state index in [2.05, 4.69) is 0 Å². The van der Waals surface area contributed by atoms with Gasteiger partial charge in [0.2, 0.25) is 10.0 Å². The van der Waals surface area contributed by atoms with Gasteiger partial charge in [0.1, 0.15) is 0 Å². The number of hydrogen-bond donors (Lipinski definition) is 0. The molecule has 1 aromatic carbocycles. The first-order chi connectivity index (χ1) is 8.93. The highest BCUT2D eigenvalue weighted by molar-refractivity contribution is 7.89. The second-order valence-corrected chi connectivity index (χ2v) is 6.51. The molecule has 1 aliphatic rings. The first kappa shape index (κ1) is 14.2. The van der Waals surface area contributed by atoms with Crippen LogP contribution >= 0.6 is 0 Å². The molecule has 0 saturated carbocycles. The number of morpholine rings is 1. The number of benzene rings is 1. The summed E-state index contributed by atoms with van der Waals surface area (Å²) in [5.74, 6) is -0.0799. The standard InChI is InChI=1S/C13H17NO4S/c1-10-9-18-8-7-14(10)19(16,17)13-5-3-12(4-6-13)11(2)15/h3-6,10H,7-9H2,1-2H3/t10-/m1/s1. The first-order valence-corrected chi connectivity index (χ1v) is 7.57. The van der Waals surface area contributed by atoms with Gasteiger partial charge in [-0.05, 0) is 26.0 Å². The molecule has 1 aromatic rings. The number of nitrogens with zero attached hydrogens (tertiary/aromatic N) is 1. The Morgan fingerprint density at radius 2 is 1.95 bits per heavy atom. The lowest BCUT2D eigenvalue weighted by atomic mass is 10.2. The third-order valence-corrected chi connectivity index (χ3v) is 5.20. The minimum Gasteiger partial charge on any atom is -0.378 e. The van der Waals surface area contributed by atoms with Gasteiger partial charge in [0.25, 0.3) is 0 Å². The van der Waals surface area contributed by atoms with Crippen molar-refractivity contribution in [2.75, 3.05) is 19.8 Å². The van der Waals surface area contributed by atoms with Gasteiger partial charge in [0.15, 0.2) is 5.78 Å². The van der Waals surface area contributed by atoms with Gasteiger partial charge in [-0.2, -0.15) is 4.31 Å². The minimum atomic E-state index is -3.51. The Morgan fingerprint density at radius 1 is 1.32 bits per heavy atom. The zero-order valence-corrected chi connectivity index (χ0v) is 11.8. The van der Waals surface area contributed by atoms with E-state index >= 15 is 0 Å². The SMILES string of the molecule is CC(=O)c1ccc(S(=O)(=O)N2CCOC[C@H]2C)cc1. The molecule has 0 N–H and O–H groups in total. The van der Waals surface area contributed by atoms with E-state index < -0.39 is 10.0 Å². The van der Waals surface area contributed by atoms with Crippen LogP contribution in [-0.4, -0.2) is 44.3 Å². The van der Waals surface area contributed by atoms with Gasteiger partial charge in [-0.25, -0.2) is 8.42 Å². The van der Waals surface area contributed by atoms with Crippen LogP contribution < -0.4 is 0 Å². The summed E-state index contributed by atoms with van der Waals surface area (Å²) < 4.78 is 31.6. The number of ketones is 1. The molecule has 1 fully saturated rings. The van der Waals surface area contributed by atoms with Crippen LogP contribution in [0.4, 0.5) is 0 Å². The summed E-state index contributed by atoms with van der Waals surface area (Å²) in [5.41, 5.74) is 0.508. The van der Waals surface area contributed by atoms with Crippen LogP contribution in [0.1, 0.15) is 24.2 Å². The molecule has 0 bridgehead atoms. The van der Waals surface area contributed by atoms with Crippen LogP contribution in [0.15, 0.2) is 29.2 Å². The second-order valence-electron chi connectivity index (χ2n) is 4.62. The Kier molecular flexibility index (Phi) is 4.03. The summed E-state index contributed by atoms with van der Waals surface area (Å²) in [6, 6.07) is 5.87. The van der Waals surface area contributed by atoms with Crippen LogP contribution in [0.2, 0.25) is 0 Å². The van der Waals surface area contributed by atoms with E-state index in [0.717, 1.165) is 0 Å². The molecule has 0 radical (unpaired) electrons. The van der Waals surface area contributed by atoms with Crippen molar-refractivity contribution in [3.63, 3.8) is 0 Å². The molecular weight excluding hydrogens is 266 g/mol. The minimum absolute atomic E-state index is 0.0799. The average molecular weight is 283 g/mol. The maximum Gasteiger partial charge on any atom is 0.243 e. The molecule has 6 heteroatoms. The molecule has 5 nitrogen and oxygen atoms in total. The summed E-state index contributed by atoms with van der Waals surface area (Å²) in [6.07, 6.45) is 0. The first-order valence-electron chi connectivity index (χ1n) is 6.13. The van der Waals surface area contributed by atoms with E-state index in [0.29, 0.717) is 25.3 Å². The topological polar surface area (TPSA) is 63.7 Å². The number of sulfonamides is 1. The Balaban J connectivity index is 2.30. The third kappa shape index (κ3) is 2.86. The summed E-state index contributed by atoms with van der Waals surface area (Å²) >= 11 is 0. The summed E-state index contributed by atoms with van der Waals surface area (Å²) in [5, 5.41) is 0. The van der Waals surface area contributed by atoms with Crippen molar-refractivity contribution in [3.05, 3.63) is 29.8 Å². The van der Waals surface area contributed by atoms with E-state index in [-0.39, 0.29) is 16.7 Å². The van der Waals surface area contributed by atoms with E-state index in [4.69, 9.17) is 4.74 Å². The summed E-state index contributed by atoms with van der Waals surface area (Å²) in [7, 11) is -3.51. The maximum atomic E-state index is 12.5. The molecule has 0 aromatic heterocycles. The van der Waals surface area contributed by atoms with Crippen molar-refractivity contribution in [2.45, 2.75) is 24.8 Å². The van der Waals surface area contributed by atoms with Gasteiger partial charge < -0.3 is 4.74 Å². The molecule has 0 unspecified atom stereocenters. The average Bonchev–Trinajstić information content (AvgIpc) is 2.39. The van der Waals surface area contributed by atoms with Crippen molar-refractivity contribution < 1.29 is 17.9 Å². The van der Waals surface area contributed by atoms with Crippen LogP contribution in [0, 0.1) is 0 Å². The highest BCUT2D eigenvalue weighted by Crippen LogP contribution is 2.20. The van der Waals surface area contributed by atoms with Crippen LogP contribution in [0.25, 0.3) is 0 Å². The van der Waals surface area contributed by atoms with Gasteiger partial charge in [-0.1, -0.05) is 12.1 Å². The lowest BCUT2D eigenvalue weighted by molar-refractivity contribution is 0.0393. The van der Waals surface area contributed by atoms with Gasteiger partial charge >= 0.3 is 0 Å². The Bertz CT molecular complexity index is 565. The number of carbonyl (C=O) groups excluding carboxylic acids is 1. The summed E-state index contributed by atoms with van der Waals surface area (Å²) in [4.78, 5) is 11.4. The van der Waals surface area contributed by atoms with Crippen LogP contribution in [0.3, 0.4) is 0 Å². The monoisotopic (exact) mass is 283 g/mol. The number of carbonyl (C=O) groups is 1. The number of hydrogen-bond acceptors (Lipinski definition) is 4. The quantitative estimate of drug-likeness (QED) is 0.784. The maximum absolute atomic E-state index is 12.5. The number of ether oxygens (including phenoxy) is 1. The van der Waals surface area contributed by atoms with Crippen molar-refractivity contribution >= 4 is 15.8 Å². The van der Waals surface area contributed by atoms with Crippen molar-refractivity contribution in [1.29, 1.82) is 0 Å². The molecule has 0 amide bonds. The highest BCUT2D eigenvalue weighted by Gasteiger charge is 2.31. The Morgan fingerprint density at radius 3 is 2.47 bits per heavy atom. The van der Waals surface area contributed by atoms with E-state index in [1.54, 1.807) is 12.1 Å². The molecule has 1 atom stereocenters. The molecular formula is C13H17NO4S. The normalized spacial score (nSPS) is 21.3. The molecule has 1 heterocycles. The Labute approximate surface area is 113 Å². The number of rotatable bonds is 3. The number of Topliss-reactive ketones (excluding diaryl/α,β-unsaturated/α-hetero) is 1. The lowest BCUT2D eigenvalue weighted by Crippen LogP contribution is -2.46. The zero-order valence-electron chi connectivity index (χ0n) is 11.0. The smallest absolute Gasteiger partial charge is 0.243 e. The van der Waals surface area contributed by atoms with E-state index in [1.165, 1.54) is 23.4 Å². The van der Waals surface area contributed by atoms with E-state index in [9.17, 15) is 13.2 Å². The largest absolute Gasteiger partial charge is 0.378 e. The van der Waals surface area contributed by atoms with Crippen molar-refractivity contribution in [1.82, 2.24) is 4.31 Å². The Hall–Kier alpha value is -1.24. The molecule has 19 heavy (non-hydrogen) atoms. The van der Waals surface area contributed by atoms with Crippen molar-refractivity contribution in [3.8, 4) is 0 Å². The van der Waals surface area contributed by atoms with E-state index in [1.807, 2.05) is 6.92 Å². The molecule has 104 valence electrons. The fourth-order valence-electron chi connectivity index (χ4n) is 2.07. The zero-order chi connectivity index (χ0) is 14.0. The third-order valence-electron chi connectivity index (χ3n) is 3.17. The van der Waals surface area contributed by atoms with Gasteiger partial charge in [-0.3, -0.25) is 4.79 Å². The summed E-state index contributed by atoms with van der Waals surface area (Å²) in [6.45, 7) is 4.45.